The van der Waals surface area contributed by atoms with Gasteiger partial charge >= 0.3 is 5.97 Å². The summed E-state index contributed by atoms with van der Waals surface area (Å²) < 4.78 is 12.3. The van der Waals surface area contributed by atoms with E-state index in [1.807, 2.05) is 20.8 Å². The molecular weight excluding hydrogens is 320 g/mol. The molecule has 0 spiro atoms. The molecule has 7 nitrogen and oxygen atoms in total. The maximum atomic E-state index is 12.4. The Bertz CT molecular complexity index is 707. The van der Waals surface area contributed by atoms with Gasteiger partial charge in [-0.25, -0.2) is 14.5 Å². The molecule has 124 valence electrons. The minimum absolute atomic E-state index is 0.0281. The molecule has 0 aromatic carbocycles. The molecular formula is C15H19ClN4O3. The third kappa shape index (κ3) is 4.19. The van der Waals surface area contributed by atoms with Crippen molar-refractivity contribution < 1.29 is 14.3 Å². The Morgan fingerprint density at radius 3 is 2.57 bits per heavy atom. The average Bonchev–Trinajstić information content (AvgIpc) is 2.81. The molecule has 0 saturated heterocycles. The molecule has 0 saturated carbocycles. The Morgan fingerprint density at radius 1 is 1.30 bits per heavy atom. The van der Waals surface area contributed by atoms with E-state index in [4.69, 9.17) is 21.1 Å². The monoisotopic (exact) mass is 338 g/mol. The van der Waals surface area contributed by atoms with E-state index in [0.717, 1.165) is 0 Å². The fraction of sp³-hybridized carbons (Fsp3) is 0.467. The third-order valence-corrected chi connectivity index (χ3v) is 2.91. The van der Waals surface area contributed by atoms with Crippen molar-refractivity contribution in [3.8, 4) is 11.8 Å². The normalized spacial score (nSPS) is 11.6. The number of rotatable bonds is 4. The van der Waals surface area contributed by atoms with E-state index in [1.165, 1.54) is 4.68 Å². The van der Waals surface area contributed by atoms with Crippen LogP contribution >= 0.6 is 11.6 Å². The zero-order valence-corrected chi connectivity index (χ0v) is 14.5. The van der Waals surface area contributed by atoms with Crippen LogP contribution in [0.1, 0.15) is 45.1 Å². The number of pyridine rings is 1. The first-order chi connectivity index (χ1) is 10.7. The van der Waals surface area contributed by atoms with E-state index < -0.39 is 11.5 Å². The van der Waals surface area contributed by atoms with E-state index in [-0.39, 0.29) is 28.7 Å². The fourth-order valence-corrected chi connectivity index (χ4v) is 1.95. The summed E-state index contributed by atoms with van der Waals surface area (Å²) >= 11 is 5.84. The molecule has 0 amide bonds. The second-order valence-electron chi connectivity index (χ2n) is 6.18. The van der Waals surface area contributed by atoms with Crippen molar-refractivity contribution in [3.05, 3.63) is 29.0 Å². The molecule has 8 heteroatoms. The zero-order valence-electron chi connectivity index (χ0n) is 13.7. The number of hydrogen-bond acceptors (Lipinski definition) is 6. The molecule has 2 aromatic heterocycles. The summed E-state index contributed by atoms with van der Waals surface area (Å²) in [5.41, 5.74) is -0.338. The van der Waals surface area contributed by atoms with Crippen LogP contribution in [0.3, 0.4) is 0 Å². The minimum atomic E-state index is -0.558. The molecule has 0 atom stereocenters. The number of esters is 1. The lowest BCUT2D eigenvalue weighted by Gasteiger charge is -2.21. The van der Waals surface area contributed by atoms with E-state index in [9.17, 15) is 4.79 Å². The average molecular weight is 339 g/mol. The summed E-state index contributed by atoms with van der Waals surface area (Å²) in [5, 5.41) is 8.23. The largest absolute Gasteiger partial charge is 0.458 e. The van der Waals surface area contributed by atoms with Gasteiger partial charge in [0.25, 0.3) is 5.88 Å². The van der Waals surface area contributed by atoms with Gasteiger partial charge in [0.1, 0.15) is 5.15 Å². The van der Waals surface area contributed by atoms with Gasteiger partial charge in [0.05, 0.1) is 11.6 Å². The maximum Gasteiger partial charge on any atom is 0.362 e. The van der Waals surface area contributed by atoms with Crippen LogP contribution in [0.25, 0.3) is 0 Å². The van der Waals surface area contributed by atoms with Gasteiger partial charge in [-0.05, 0) is 40.7 Å². The molecule has 2 aromatic rings. The number of aromatic nitrogens is 4. The molecule has 0 N–H and O–H groups in total. The highest BCUT2D eigenvalue weighted by atomic mass is 35.5. The van der Waals surface area contributed by atoms with Crippen molar-refractivity contribution in [2.24, 2.45) is 0 Å². The Balaban J connectivity index is 2.43. The molecule has 2 rings (SSSR count). The second-order valence-corrected chi connectivity index (χ2v) is 6.57. The lowest BCUT2D eigenvalue weighted by Crippen LogP contribution is -2.28. The first-order valence-electron chi connectivity index (χ1n) is 7.16. The van der Waals surface area contributed by atoms with Gasteiger partial charge in [-0.2, -0.15) is 0 Å². The van der Waals surface area contributed by atoms with Gasteiger partial charge < -0.3 is 9.47 Å². The van der Waals surface area contributed by atoms with Crippen molar-refractivity contribution >= 4 is 17.6 Å². The van der Waals surface area contributed by atoms with Crippen LogP contribution in [0, 0.1) is 0 Å². The number of carbonyl (C=O) groups excluding carboxylic acids is 1. The number of nitrogens with zero attached hydrogens (tertiary/aromatic N) is 4. The first kappa shape index (κ1) is 17.2. The second kappa shape index (κ2) is 6.54. The summed E-state index contributed by atoms with van der Waals surface area (Å²) in [4.78, 5) is 16.4. The number of hydrogen-bond donors (Lipinski definition) is 0. The highest BCUT2D eigenvalue weighted by Crippen LogP contribution is 2.27. The minimum Gasteiger partial charge on any atom is -0.458 e. The highest BCUT2D eigenvalue weighted by Gasteiger charge is 2.30. The third-order valence-electron chi connectivity index (χ3n) is 2.70. The van der Waals surface area contributed by atoms with Gasteiger partial charge in [0.2, 0.25) is 11.6 Å². The van der Waals surface area contributed by atoms with Crippen LogP contribution in [-0.4, -0.2) is 32.1 Å². The quantitative estimate of drug-likeness (QED) is 0.627. The van der Waals surface area contributed by atoms with Crippen LogP contribution in [0.4, 0.5) is 0 Å². The van der Waals surface area contributed by atoms with Crippen molar-refractivity contribution in [2.75, 3.05) is 0 Å². The molecule has 2 heterocycles. The number of halogens is 1. The zero-order chi connectivity index (χ0) is 17.2. The van der Waals surface area contributed by atoms with Crippen LogP contribution in [0.15, 0.2) is 18.2 Å². The molecule has 0 fully saturated rings. The molecule has 0 bridgehead atoms. The highest BCUT2D eigenvalue weighted by molar-refractivity contribution is 6.29. The van der Waals surface area contributed by atoms with Crippen LogP contribution in [0.2, 0.25) is 5.15 Å². The summed E-state index contributed by atoms with van der Waals surface area (Å²) in [6.45, 7) is 9.23. The van der Waals surface area contributed by atoms with Crippen molar-refractivity contribution in [2.45, 2.75) is 46.3 Å². The van der Waals surface area contributed by atoms with E-state index >= 15 is 0 Å². The smallest absolute Gasteiger partial charge is 0.362 e. The Labute approximate surface area is 139 Å². The van der Waals surface area contributed by atoms with Gasteiger partial charge in [0.15, 0.2) is 0 Å². The fourth-order valence-electron chi connectivity index (χ4n) is 1.80. The standard InChI is InChI=1S/C15H19ClN4O3/c1-9(2)22-14(21)12-13(18-19-20(12)15(3,4)5)23-11-8-6-7-10(16)17-11/h6-9H,1-5H3. The summed E-state index contributed by atoms with van der Waals surface area (Å²) in [7, 11) is 0. The summed E-state index contributed by atoms with van der Waals surface area (Å²) in [5.74, 6) is -0.311. The van der Waals surface area contributed by atoms with Crippen LogP contribution < -0.4 is 4.74 Å². The lowest BCUT2D eigenvalue weighted by atomic mass is 10.1. The number of carbonyl (C=O) groups is 1. The van der Waals surface area contributed by atoms with Gasteiger partial charge in [-0.1, -0.05) is 28.0 Å². The van der Waals surface area contributed by atoms with Crippen LogP contribution in [0.5, 0.6) is 11.8 Å². The first-order valence-corrected chi connectivity index (χ1v) is 7.54. The van der Waals surface area contributed by atoms with Crippen molar-refractivity contribution in [3.63, 3.8) is 0 Å². The molecule has 0 aliphatic rings. The lowest BCUT2D eigenvalue weighted by molar-refractivity contribution is 0.0352. The number of ether oxygens (including phenoxy) is 2. The Hall–Kier alpha value is -2.15. The van der Waals surface area contributed by atoms with Crippen molar-refractivity contribution in [1.29, 1.82) is 0 Å². The molecule has 0 aliphatic carbocycles. The summed E-state index contributed by atoms with van der Waals surface area (Å²) in [6.07, 6.45) is -0.275. The topological polar surface area (TPSA) is 79.1 Å². The molecule has 0 unspecified atom stereocenters. The maximum absolute atomic E-state index is 12.4. The molecule has 23 heavy (non-hydrogen) atoms. The predicted octanol–water partition coefficient (Wildman–Crippen LogP) is 3.44. The molecule has 0 aliphatic heterocycles. The van der Waals surface area contributed by atoms with Gasteiger partial charge in [0, 0.05) is 6.07 Å². The van der Waals surface area contributed by atoms with Gasteiger partial charge in [-0.15, -0.1) is 0 Å². The predicted molar refractivity (Wildman–Crippen MR) is 84.9 cm³/mol. The summed E-state index contributed by atoms with van der Waals surface area (Å²) in [6, 6.07) is 4.92. The Morgan fingerprint density at radius 2 is 2.00 bits per heavy atom. The van der Waals surface area contributed by atoms with E-state index in [0.29, 0.717) is 0 Å². The SMILES string of the molecule is CC(C)OC(=O)c1c(Oc2cccc(Cl)n2)nnn1C(C)(C)C. The van der Waals surface area contributed by atoms with E-state index in [1.54, 1.807) is 32.0 Å². The van der Waals surface area contributed by atoms with Gasteiger partial charge in [-0.3, -0.25) is 0 Å². The Kier molecular flexibility index (Phi) is 4.89. The molecule has 0 radical (unpaired) electrons. The van der Waals surface area contributed by atoms with Crippen molar-refractivity contribution in [1.82, 2.24) is 20.0 Å². The van der Waals surface area contributed by atoms with E-state index in [2.05, 4.69) is 15.3 Å². The van der Waals surface area contributed by atoms with Crippen LogP contribution in [-0.2, 0) is 10.3 Å².